The molecule has 7 heteroatoms. The van der Waals surface area contributed by atoms with Gasteiger partial charge in [-0.1, -0.05) is 0 Å². The summed E-state index contributed by atoms with van der Waals surface area (Å²) in [5, 5.41) is 5.95. The Bertz CT molecular complexity index is 568. The van der Waals surface area contributed by atoms with Gasteiger partial charge in [-0.15, -0.1) is 11.8 Å². The quantitative estimate of drug-likeness (QED) is 0.644. The molecule has 3 N–H and O–H groups in total. The van der Waals surface area contributed by atoms with Gasteiger partial charge in [-0.25, -0.2) is 13.2 Å². The summed E-state index contributed by atoms with van der Waals surface area (Å²) in [5.41, 5.74) is 5.36. The number of halogens is 3. The maximum Gasteiger partial charge on any atom is 0.175 e. The van der Waals surface area contributed by atoms with Crippen molar-refractivity contribution < 1.29 is 13.2 Å². The number of H-pyrrole nitrogens is 1. The molecule has 1 aromatic carbocycles. The van der Waals surface area contributed by atoms with Crippen LogP contribution in [0.25, 0.3) is 11.1 Å². The Kier molecular flexibility index (Phi) is 3.01. The third kappa shape index (κ3) is 1.86. The van der Waals surface area contributed by atoms with Crippen molar-refractivity contribution in [2.24, 2.45) is 0 Å². The molecule has 0 aliphatic rings. The standard InChI is InChI=1S/C10H8F3N3S/c1-17-9-6(11)2-4(7(12)8(9)13)5-3-15-16-10(5)14/h2-3H,1H3,(H3,14,15,16). The van der Waals surface area contributed by atoms with Crippen molar-refractivity contribution >= 4 is 17.6 Å². The van der Waals surface area contributed by atoms with Crippen LogP contribution in [0.3, 0.4) is 0 Å². The third-order valence-corrected chi connectivity index (χ3v) is 3.06. The number of hydrogen-bond donors (Lipinski definition) is 2. The molecular formula is C10H8F3N3S. The van der Waals surface area contributed by atoms with Gasteiger partial charge in [0.15, 0.2) is 11.6 Å². The Balaban J connectivity index is 2.69. The molecule has 0 fully saturated rings. The normalized spacial score (nSPS) is 10.8. The fourth-order valence-electron chi connectivity index (χ4n) is 1.47. The van der Waals surface area contributed by atoms with E-state index in [9.17, 15) is 13.2 Å². The molecule has 0 saturated carbocycles. The Morgan fingerprint density at radius 2 is 1.94 bits per heavy atom. The number of nitrogens with two attached hydrogens (primary N) is 1. The maximum absolute atomic E-state index is 13.7. The minimum absolute atomic E-state index is 0.0552. The SMILES string of the molecule is CSc1c(F)cc(-c2cn[nH]c2N)c(F)c1F. The highest BCUT2D eigenvalue weighted by Gasteiger charge is 2.20. The minimum atomic E-state index is -1.21. The molecule has 0 bridgehead atoms. The van der Waals surface area contributed by atoms with Gasteiger partial charge in [0.25, 0.3) is 0 Å². The van der Waals surface area contributed by atoms with Gasteiger partial charge in [-0.05, 0) is 12.3 Å². The van der Waals surface area contributed by atoms with Crippen molar-refractivity contribution in [2.45, 2.75) is 4.90 Å². The first-order valence-corrected chi connectivity index (χ1v) is 5.79. The fraction of sp³-hybridized carbons (Fsp3) is 0.100. The van der Waals surface area contributed by atoms with E-state index in [1.54, 1.807) is 0 Å². The maximum atomic E-state index is 13.7. The smallest absolute Gasteiger partial charge is 0.175 e. The first-order valence-electron chi connectivity index (χ1n) is 4.57. The lowest BCUT2D eigenvalue weighted by molar-refractivity contribution is 0.470. The molecule has 3 nitrogen and oxygen atoms in total. The fourth-order valence-corrected chi connectivity index (χ4v) is 1.99. The number of rotatable bonds is 2. The van der Waals surface area contributed by atoms with E-state index in [2.05, 4.69) is 10.2 Å². The summed E-state index contributed by atoms with van der Waals surface area (Å²) < 4.78 is 40.8. The van der Waals surface area contributed by atoms with Crippen LogP contribution >= 0.6 is 11.8 Å². The van der Waals surface area contributed by atoms with Crippen molar-refractivity contribution in [1.29, 1.82) is 0 Å². The predicted molar refractivity (Wildman–Crippen MR) is 60.1 cm³/mol. The zero-order chi connectivity index (χ0) is 12.6. The van der Waals surface area contributed by atoms with Crippen LogP contribution < -0.4 is 5.73 Å². The Hall–Kier alpha value is -1.63. The monoisotopic (exact) mass is 259 g/mol. The molecular weight excluding hydrogens is 251 g/mol. The molecule has 90 valence electrons. The summed E-state index contributed by atoms with van der Waals surface area (Å²) in [6, 6.07) is 0.908. The third-order valence-electron chi connectivity index (χ3n) is 2.28. The van der Waals surface area contributed by atoms with Crippen LogP contribution in [0.1, 0.15) is 0 Å². The molecule has 0 radical (unpaired) electrons. The number of hydrogen-bond acceptors (Lipinski definition) is 3. The largest absolute Gasteiger partial charge is 0.384 e. The topological polar surface area (TPSA) is 54.7 Å². The van der Waals surface area contributed by atoms with E-state index in [-0.39, 0.29) is 21.8 Å². The zero-order valence-corrected chi connectivity index (χ0v) is 9.54. The van der Waals surface area contributed by atoms with Crippen molar-refractivity contribution in [3.8, 4) is 11.1 Å². The van der Waals surface area contributed by atoms with Gasteiger partial charge >= 0.3 is 0 Å². The van der Waals surface area contributed by atoms with Crippen LogP contribution in [0, 0.1) is 17.5 Å². The van der Waals surface area contributed by atoms with E-state index >= 15 is 0 Å². The number of aromatic amines is 1. The highest BCUT2D eigenvalue weighted by Crippen LogP contribution is 2.33. The first kappa shape index (κ1) is 11.8. The summed E-state index contributed by atoms with van der Waals surface area (Å²) >= 11 is 0.802. The van der Waals surface area contributed by atoms with E-state index in [1.807, 2.05) is 0 Å². The summed E-state index contributed by atoms with van der Waals surface area (Å²) in [6.07, 6.45) is 2.68. The van der Waals surface area contributed by atoms with E-state index < -0.39 is 17.5 Å². The number of nitrogens with zero attached hydrogens (tertiary/aromatic N) is 1. The van der Waals surface area contributed by atoms with E-state index in [1.165, 1.54) is 12.5 Å². The predicted octanol–water partition coefficient (Wildman–Crippen LogP) is 2.80. The van der Waals surface area contributed by atoms with Gasteiger partial charge in [-0.3, -0.25) is 5.10 Å². The molecule has 0 aliphatic carbocycles. The van der Waals surface area contributed by atoms with Gasteiger partial charge in [0.1, 0.15) is 11.6 Å². The molecule has 2 aromatic rings. The van der Waals surface area contributed by atoms with E-state index in [4.69, 9.17) is 5.73 Å². The van der Waals surface area contributed by atoms with Gasteiger partial charge in [-0.2, -0.15) is 5.10 Å². The second-order valence-electron chi connectivity index (χ2n) is 3.26. The van der Waals surface area contributed by atoms with E-state index in [0.717, 1.165) is 17.8 Å². The van der Waals surface area contributed by atoms with Crippen molar-refractivity contribution in [1.82, 2.24) is 10.2 Å². The number of nitrogen functional groups attached to an aromatic ring is 1. The van der Waals surface area contributed by atoms with Crippen LogP contribution in [0.4, 0.5) is 19.0 Å². The Labute approximate surface area is 99.2 Å². The number of anilines is 1. The number of benzene rings is 1. The molecule has 2 rings (SSSR count). The highest BCUT2D eigenvalue weighted by atomic mass is 32.2. The van der Waals surface area contributed by atoms with Crippen molar-refractivity contribution in [3.63, 3.8) is 0 Å². The Morgan fingerprint density at radius 1 is 1.24 bits per heavy atom. The summed E-state index contributed by atoms with van der Waals surface area (Å²) in [6.45, 7) is 0. The number of thioether (sulfide) groups is 1. The first-order chi connectivity index (χ1) is 8.06. The summed E-state index contributed by atoms with van der Waals surface area (Å²) in [5.74, 6) is -3.12. The Morgan fingerprint density at radius 3 is 2.47 bits per heavy atom. The minimum Gasteiger partial charge on any atom is -0.384 e. The lowest BCUT2D eigenvalue weighted by atomic mass is 10.1. The summed E-state index contributed by atoms with van der Waals surface area (Å²) in [7, 11) is 0. The van der Waals surface area contributed by atoms with Gasteiger partial charge in [0, 0.05) is 11.1 Å². The lowest BCUT2D eigenvalue weighted by Crippen LogP contribution is -1.98. The lowest BCUT2D eigenvalue weighted by Gasteiger charge is -2.07. The molecule has 0 saturated heterocycles. The molecule has 1 aromatic heterocycles. The average Bonchev–Trinajstić information content (AvgIpc) is 2.71. The average molecular weight is 259 g/mol. The second-order valence-corrected chi connectivity index (χ2v) is 4.08. The van der Waals surface area contributed by atoms with Crippen LogP contribution in [-0.2, 0) is 0 Å². The zero-order valence-electron chi connectivity index (χ0n) is 8.72. The molecule has 17 heavy (non-hydrogen) atoms. The molecule has 0 amide bonds. The highest BCUT2D eigenvalue weighted by molar-refractivity contribution is 7.98. The van der Waals surface area contributed by atoms with Gasteiger partial charge in [0.2, 0.25) is 0 Å². The molecule has 0 unspecified atom stereocenters. The van der Waals surface area contributed by atoms with E-state index in [0.29, 0.717) is 0 Å². The van der Waals surface area contributed by atoms with Crippen molar-refractivity contribution in [3.05, 3.63) is 29.7 Å². The van der Waals surface area contributed by atoms with Crippen LogP contribution in [0.5, 0.6) is 0 Å². The summed E-state index contributed by atoms with van der Waals surface area (Å²) in [4.78, 5) is -0.353. The number of aromatic nitrogens is 2. The molecule has 0 atom stereocenters. The van der Waals surface area contributed by atoms with Crippen molar-refractivity contribution in [2.75, 3.05) is 12.0 Å². The van der Waals surface area contributed by atoms with Crippen LogP contribution in [0.2, 0.25) is 0 Å². The van der Waals surface area contributed by atoms with Crippen LogP contribution in [0.15, 0.2) is 17.2 Å². The second kappa shape index (κ2) is 4.33. The molecule has 1 heterocycles. The van der Waals surface area contributed by atoms with Crippen LogP contribution in [-0.4, -0.2) is 16.5 Å². The number of nitrogens with one attached hydrogen (secondary N) is 1. The molecule has 0 aliphatic heterocycles. The molecule has 0 spiro atoms. The van der Waals surface area contributed by atoms with Gasteiger partial charge in [0.05, 0.1) is 11.1 Å². The van der Waals surface area contributed by atoms with Gasteiger partial charge < -0.3 is 5.73 Å².